The molecule has 9 heavy (non-hydrogen) atoms. The van der Waals surface area contributed by atoms with E-state index in [1.807, 2.05) is 19.1 Å². The van der Waals surface area contributed by atoms with Gasteiger partial charge in [0, 0.05) is 18.1 Å². The second-order valence-corrected chi connectivity index (χ2v) is 2.33. The van der Waals surface area contributed by atoms with Crippen molar-refractivity contribution in [2.45, 2.75) is 6.92 Å². The third-order valence-electron chi connectivity index (χ3n) is 0.816. The van der Waals surface area contributed by atoms with E-state index < -0.39 is 0 Å². The lowest BCUT2D eigenvalue weighted by atomic mass is 10.5. The smallest absolute Gasteiger partial charge is 0.0152 e. The summed E-state index contributed by atoms with van der Waals surface area (Å²) in [6.07, 6.45) is 3.74. The van der Waals surface area contributed by atoms with Crippen LogP contribution in [-0.2, 0) is 0 Å². The van der Waals surface area contributed by atoms with Gasteiger partial charge in [-0.2, -0.15) is 0 Å². The minimum absolute atomic E-state index is 0.821. The molecule has 0 aromatic rings. The van der Waals surface area contributed by atoms with Gasteiger partial charge < -0.3 is 5.32 Å². The fourth-order valence-electron chi connectivity index (χ4n) is 0.398. The third-order valence-corrected chi connectivity index (χ3v) is 0.971. The van der Waals surface area contributed by atoms with E-state index in [-0.39, 0.29) is 0 Å². The highest BCUT2D eigenvalue weighted by Crippen LogP contribution is 1.94. The summed E-state index contributed by atoms with van der Waals surface area (Å²) in [5, 5.41) is 3.91. The molecule has 0 saturated carbocycles. The van der Waals surface area contributed by atoms with Crippen LogP contribution in [0.25, 0.3) is 0 Å². The standard InChI is InChI=1S/C7H12ClN/c1-3-5-9-6-4-7(2)8/h3-4,9H,1,5-6H2,2H3. The molecule has 1 N–H and O–H groups in total. The topological polar surface area (TPSA) is 12.0 Å². The summed E-state index contributed by atoms with van der Waals surface area (Å²) in [5.41, 5.74) is 0. The number of hydrogen-bond acceptors (Lipinski definition) is 1. The normalized spacial score (nSPS) is 11.6. The molecule has 2 heteroatoms. The Morgan fingerprint density at radius 1 is 1.67 bits per heavy atom. The second-order valence-electron chi connectivity index (χ2n) is 1.74. The van der Waals surface area contributed by atoms with Crippen molar-refractivity contribution in [3.63, 3.8) is 0 Å². The van der Waals surface area contributed by atoms with Crippen LogP contribution in [-0.4, -0.2) is 13.1 Å². The van der Waals surface area contributed by atoms with E-state index in [1.165, 1.54) is 0 Å². The Hall–Kier alpha value is -0.270. The fourth-order valence-corrected chi connectivity index (χ4v) is 0.475. The molecule has 0 fully saturated rings. The Kier molecular flexibility index (Phi) is 5.68. The Labute approximate surface area is 61.4 Å². The van der Waals surface area contributed by atoms with E-state index in [1.54, 1.807) is 0 Å². The van der Waals surface area contributed by atoms with Crippen LogP contribution >= 0.6 is 11.6 Å². The highest BCUT2D eigenvalue weighted by Gasteiger charge is 1.78. The zero-order valence-electron chi connectivity index (χ0n) is 5.65. The van der Waals surface area contributed by atoms with Crippen molar-refractivity contribution in [1.82, 2.24) is 5.32 Å². The first-order chi connectivity index (χ1) is 4.27. The lowest BCUT2D eigenvalue weighted by Gasteiger charge is -1.93. The lowest BCUT2D eigenvalue weighted by molar-refractivity contribution is 0.842. The van der Waals surface area contributed by atoms with Crippen LogP contribution < -0.4 is 5.32 Å². The molecule has 0 heterocycles. The molecule has 0 amide bonds. The van der Waals surface area contributed by atoms with Crippen LogP contribution in [0.4, 0.5) is 0 Å². The maximum Gasteiger partial charge on any atom is 0.0152 e. The molecular weight excluding hydrogens is 134 g/mol. The zero-order valence-corrected chi connectivity index (χ0v) is 6.41. The van der Waals surface area contributed by atoms with E-state index in [0.717, 1.165) is 18.1 Å². The predicted octanol–water partition coefficient (Wildman–Crippen LogP) is 1.90. The first-order valence-corrected chi connectivity index (χ1v) is 3.29. The zero-order chi connectivity index (χ0) is 7.11. The predicted molar refractivity (Wildman–Crippen MR) is 42.7 cm³/mol. The number of halogens is 1. The van der Waals surface area contributed by atoms with Gasteiger partial charge in [0.05, 0.1) is 0 Å². The molecule has 0 radical (unpaired) electrons. The summed E-state index contributed by atoms with van der Waals surface area (Å²) in [4.78, 5) is 0. The van der Waals surface area contributed by atoms with Crippen LogP contribution in [0, 0.1) is 0 Å². The van der Waals surface area contributed by atoms with Gasteiger partial charge in [-0.3, -0.25) is 0 Å². The van der Waals surface area contributed by atoms with Gasteiger partial charge in [0.1, 0.15) is 0 Å². The molecule has 0 aliphatic carbocycles. The summed E-state index contributed by atoms with van der Waals surface area (Å²) in [5.74, 6) is 0. The fraction of sp³-hybridized carbons (Fsp3) is 0.429. The average Bonchev–Trinajstić information content (AvgIpc) is 1.80. The molecular formula is C7H12ClN. The van der Waals surface area contributed by atoms with E-state index in [9.17, 15) is 0 Å². The minimum Gasteiger partial charge on any atom is -0.310 e. The number of rotatable bonds is 4. The SMILES string of the molecule is C=CCNCC=C(C)Cl. The molecule has 0 unspecified atom stereocenters. The summed E-state index contributed by atoms with van der Waals surface area (Å²) < 4.78 is 0. The molecule has 52 valence electrons. The Morgan fingerprint density at radius 2 is 2.33 bits per heavy atom. The van der Waals surface area contributed by atoms with E-state index in [0.29, 0.717) is 0 Å². The van der Waals surface area contributed by atoms with Crippen LogP contribution in [0.15, 0.2) is 23.8 Å². The van der Waals surface area contributed by atoms with E-state index in [4.69, 9.17) is 11.6 Å². The molecule has 0 aromatic carbocycles. The van der Waals surface area contributed by atoms with Gasteiger partial charge in [0.15, 0.2) is 0 Å². The van der Waals surface area contributed by atoms with Gasteiger partial charge in [-0.25, -0.2) is 0 Å². The third kappa shape index (κ3) is 7.73. The van der Waals surface area contributed by atoms with Gasteiger partial charge >= 0.3 is 0 Å². The maximum absolute atomic E-state index is 5.55. The molecule has 0 aliphatic rings. The van der Waals surface area contributed by atoms with Crippen LogP contribution in [0.3, 0.4) is 0 Å². The van der Waals surface area contributed by atoms with Crippen molar-refractivity contribution in [1.29, 1.82) is 0 Å². The van der Waals surface area contributed by atoms with Gasteiger partial charge in [0.25, 0.3) is 0 Å². The van der Waals surface area contributed by atoms with Crippen LogP contribution in [0.2, 0.25) is 0 Å². The molecule has 1 nitrogen and oxygen atoms in total. The molecule has 0 rings (SSSR count). The monoisotopic (exact) mass is 145 g/mol. The van der Waals surface area contributed by atoms with Crippen molar-refractivity contribution < 1.29 is 0 Å². The molecule has 0 aromatic heterocycles. The first-order valence-electron chi connectivity index (χ1n) is 2.91. The van der Waals surface area contributed by atoms with Crippen LogP contribution in [0.1, 0.15) is 6.92 Å². The quantitative estimate of drug-likeness (QED) is 0.471. The van der Waals surface area contributed by atoms with Crippen molar-refractivity contribution in [3.8, 4) is 0 Å². The average molecular weight is 146 g/mol. The highest BCUT2D eigenvalue weighted by molar-refractivity contribution is 6.29. The molecule has 0 atom stereocenters. The molecule has 0 aliphatic heterocycles. The largest absolute Gasteiger partial charge is 0.310 e. The first kappa shape index (κ1) is 8.73. The second kappa shape index (κ2) is 5.86. The van der Waals surface area contributed by atoms with E-state index in [2.05, 4.69) is 11.9 Å². The van der Waals surface area contributed by atoms with Crippen molar-refractivity contribution in [2.24, 2.45) is 0 Å². The Morgan fingerprint density at radius 3 is 2.78 bits per heavy atom. The lowest BCUT2D eigenvalue weighted by Crippen LogP contribution is -2.12. The Balaban J connectivity index is 3.09. The number of hydrogen-bond donors (Lipinski definition) is 1. The van der Waals surface area contributed by atoms with Gasteiger partial charge in [-0.1, -0.05) is 23.8 Å². The Bertz CT molecular complexity index is 103. The van der Waals surface area contributed by atoms with Gasteiger partial charge in [-0.15, -0.1) is 6.58 Å². The van der Waals surface area contributed by atoms with Crippen molar-refractivity contribution in [2.75, 3.05) is 13.1 Å². The summed E-state index contributed by atoms with van der Waals surface area (Å²) >= 11 is 5.55. The minimum atomic E-state index is 0.821. The molecule has 0 bridgehead atoms. The maximum atomic E-state index is 5.55. The summed E-state index contributed by atoms with van der Waals surface area (Å²) in [6, 6.07) is 0. The highest BCUT2D eigenvalue weighted by atomic mass is 35.5. The number of allylic oxidation sites excluding steroid dienone is 1. The summed E-state index contributed by atoms with van der Waals surface area (Å²) in [6.45, 7) is 7.07. The van der Waals surface area contributed by atoms with Crippen molar-refractivity contribution >= 4 is 11.6 Å². The van der Waals surface area contributed by atoms with Gasteiger partial charge in [-0.05, 0) is 6.92 Å². The van der Waals surface area contributed by atoms with Gasteiger partial charge in [0.2, 0.25) is 0 Å². The van der Waals surface area contributed by atoms with Crippen LogP contribution in [0.5, 0.6) is 0 Å². The molecule has 0 spiro atoms. The van der Waals surface area contributed by atoms with E-state index >= 15 is 0 Å². The summed E-state index contributed by atoms with van der Waals surface area (Å²) in [7, 11) is 0. The number of nitrogens with one attached hydrogen (secondary N) is 1. The molecule has 0 saturated heterocycles. The van der Waals surface area contributed by atoms with Crippen molar-refractivity contribution in [3.05, 3.63) is 23.8 Å².